The number of hydrogen-bond acceptors (Lipinski definition) is 7. The van der Waals surface area contributed by atoms with Gasteiger partial charge in [0.15, 0.2) is 12.4 Å². The van der Waals surface area contributed by atoms with E-state index in [1.54, 1.807) is 31.2 Å². The molecule has 0 atom stereocenters. The monoisotopic (exact) mass is 461 g/mol. The minimum atomic E-state index is -0.802. The average Bonchev–Trinajstić information content (AvgIpc) is 3.03. The van der Waals surface area contributed by atoms with Gasteiger partial charge in [0, 0.05) is 5.02 Å². The van der Waals surface area contributed by atoms with Crippen molar-refractivity contribution in [3.05, 3.63) is 51.7 Å². The van der Waals surface area contributed by atoms with Gasteiger partial charge in [-0.25, -0.2) is 4.79 Å². The van der Waals surface area contributed by atoms with Gasteiger partial charge < -0.3 is 13.9 Å². The summed E-state index contributed by atoms with van der Waals surface area (Å²) in [4.78, 5) is 49.6. The molecule has 3 rings (SSSR count). The zero-order valence-electron chi connectivity index (χ0n) is 18.1. The fourth-order valence-electron chi connectivity index (χ4n) is 3.80. The Morgan fingerprint density at radius 2 is 1.75 bits per heavy atom. The number of amides is 1. The fraction of sp³-hybridized carbons (Fsp3) is 0.391. The van der Waals surface area contributed by atoms with Crippen LogP contribution in [0, 0.1) is 6.92 Å². The fourth-order valence-corrected chi connectivity index (χ4v) is 3.92. The maximum atomic E-state index is 12.8. The van der Waals surface area contributed by atoms with E-state index in [1.165, 1.54) is 13.8 Å². The quantitative estimate of drug-likeness (QED) is 0.462. The summed E-state index contributed by atoms with van der Waals surface area (Å²) in [6, 6.07) is 6.98. The maximum absolute atomic E-state index is 12.8. The number of ketones is 1. The first-order valence-corrected chi connectivity index (χ1v) is 10.6. The molecular formula is C23H24ClNO7. The largest absolute Gasteiger partial charge is 0.462 e. The Hall–Kier alpha value is -3.13. The van der Waals surface area contributed by atoms with Crippen LogP contribution in [0.15, 0.2) is 28.7 Å². The summed E-state index contributed by atoms with van der Waals surface area (Å²) in [6.07, 6.45) is 2.09. The van der Waals surface area contributed by atoms with Gasteiger partial charge in [-0.2, -0.15) is 0 Å². The molecule has 1 aromatic carbocycles. The lowest BCUT2D eigenvalue weighted by Gasteiger charge is -2.39. The van der Waals surface area contributed by atoms with Crippen molar-refractivity contribution in [1.29, 1.82) is 0 Å². The van der Waals surface area contributed by atoms with Gasteiger partial charge in [0.25, 0.3) is 5.91 Å². The smallest absolute Gasteiger partial charge is 0.344 e. The van der Waals surface area contributed by atoms with Crippen molar-refractivity contribution in [2.75, 3.05) is 18.5 Å². The summed E-state index contributed by atoms with van der Waals surface area (Å²) in [6.45, 7) is 3.90. The number of carbonyl (C=O) groups excluding carboxylic acids is 4. The van der Waals surface area contributed by atoms with Crippen LogP contribution >= 0.6 is 11.6 Å². The van der Waals surface area contributed by atoms with Gasteiger partial charge in [-0.05, 0) is 51.3 Å². The highest BCUT2D eigenvalue weighted by Gasteiger charge is 2.47. The predicted octanol–water partition coefficient (Wildman–Crippen LogP) is 4.22. The van der Waals surface area contributed by atoms with Gasteiger partial charge in [-0.1, -0.05) is 30.2 Å². The molecule has 32 heavy (non-hydrogen) atoms. The topological polar surface area (TPSA) is 112 Å². The predicted molar refractivity (Wildman–Crippen MR) is 116 cm³/mol. The summed E-state index contributed by atoms with van der Waals surface area (Å²) in [5.41, 5.74) is -0.139. The van der Waals surface area contributed by atoms with E-state index >= 15 is 0 Å². The summed E-state index contributed by atoms with van der Waals surface area (Å²) in [7, 11) is 0. The van der Waals surface area contributed by atoms with Crippen molar-refractivity contribution in [1.82, 2.24) is 0 Å². The number of carbonyl (C=O) groups is 4. The zero-order chi connectivity index (χ0) is 23.5. The van der Waals surface area contributed by atoms with Gasteiger partial charge >= 0.3 is 11.9 Å². The van der Waals surface area contributed by atoms with E-state index in [9.17, 15) is 19.2 Å². The number of hydrogen-bond donors (Lipinski definition) is 1. The van der Waals surface area contributed by atoms with Crippen LogP contribution in [-0.4, -0.2) is 36.8 Å². The summed E-state index contributed by atoms with van der Waals surface area (Å²) in [5, 5.41) is 2.96. The molecule has 8 nitrogen and oxygen atoms in total. The Bertz CT molecular complexity index is 1050. The molecule has 1 aliphatic rings. The van der Waals surface area contributed by atoms with Crippen molar-refractivity contribution in [2.45, 2.75) is 45.4 Å². The van der Waals surface area contributed by atoms with Gasteiger partial charge in [-0.3, -0.25) is 19.7 Å². The van der Waals surface area contributed by atoms with Crippen LogP contribution in [0.4, 0.5) is 5.88 Å². The second-order valence-electron chi connectivity index (χ2n) is 7.58. The Labute approximate surface area is 190 Å². The highest BCUT2D eigenvalue weighted by molar-refractivity contribution is 6.30. The lowest BCUT2D eigenvalue weighted by atomic mass is 9.64. The highest BCUT2D eigenvalue weighted by Crippen LogP contribution is 2.45. The molecule has 1 aromatic heterocycles. The second kappa shape index (κ2) is 9.56. The van der Waals surface area contributed by atoms with E-state index in [1.807, 2.05) is 0 Å². The van der Waals surface area contributed by atoms with Gasteiger partial charge in [0.2, 0.25) is 5.88 Å². The second-order valence-corrected chi connectivity index (χ2v) is 8.02. The SMILES string of the molecule is CCOC(=O)c1c(NC(=O)COC(=O)C2(c3ccc(Cl)cc3)CCC2)oc(C)c1C(C)=O. The number of nitrogens with one attached hydrogen (secondary N) is 1. The maximum Gasteiger partial charge on any atom is 0.344 e. The van der Waals surface area contributed by atoms with Gasteiger partial charge in [0.1, 0.15) is 11.3 Å². The van der Waals surface area contributed by atoms with E-state index in [4.69, 9.17) is 25.5 Å². The summed E-state index contributed by atoms with van der Waals surface area (Å²) >= 11 is 5.94. The normalized spacial score (nSPS) is 14.2. The van der Waals surface area contributed by atoms with Crippen molar-refractivity contribution >= 4 is 41.1 Å². The zero-order valence-corrected chi connectivity index (χ0v) is 18.8. The third-order valence-corrected chi connectivity index (χ3v) is 5.75. The number of esters is 2. The molecular weight excluding hydrogens is 438 g/mol. The van der Waals surface area contributed by atoms with Crippen molar-refractivity contribution in [3.8, 4) is 0 Å². The number of Topliss-reactive ketones (excluding diaryl/α,β-unsaturated/α-hetero) is 1. The first-order chi connectivity index (χ1) is 15.2. The molecule has 2 aromatic rings. The molecule has 0 aliphatic heterocycles. The van der Waals surface area contributed by atoms with Crippen molar-refractivity contribution in [2.24, 2.45) is 0 Å². The van der Waals surface area contributed by atoms with Gasteiger partial charge in [-0.15, -0.1) is 0 Å². The molecule has 1 N–H and O–H groups in total. The van der Waals surface area contributed by atoms with Crippen LogP contribution in [0.1, 0.15) is 65.1 Å². The van der Waals surface area contributed by atoms with Crippen LogP contribution in [0.3, 0.4) is 0 Å². The molecule has 1 heterocycles. The number of halogens is 1. The Morgan fingerprint density at radius 1 is 1.09 bits per heavy atom. The minimum Gasteiger partial charge on any atom is -0.462 e. The molecule has 170 valence electrons. The molecule has 0 radical (unpaired) electrons. The standard InChI is InChI=1S/C23H24ClNO7/c1-4-30-21(28)19-18(13(2)26)14(3)32-20(19)25-17(27)12-31-22(29)23(10-5-11-23)15-6-8-16(24)9-7-15/h6-9H,4-5,10-12H2,1-3H3,(H,25,27). The number of aryl methyl sites for hydroxylation is 1. The Kier molecular flexibility index (Phi) is 7.03. The summed E-state index contributed by atoms with van der Waals surface area (Å²) < 4.78 is 15.7. The van der Waals surface area contributed by atoms with Crippen LogP contribution in [0.2, 0.25) is 5.02 Å². The number of rotatable bonds is 8. The van der Waals surface area contributed by atoms with E-state index < -0.39 is 35.7 Å². The lowest BCUT2D eigenvalue weighted by molar-refractivity contribution is -0.156. The average molecular weight is 462 g/mol. The number of ether oxygens (including phenoxy) is 2. The van der Waals surface area contributed by atoms with Crippen LogP contribution in [0.25, 0.3) is 0 Å². The van der Waals surface area contributed by atoms with E-state index in [0.717, 1.165) is 12.0 Å². The third kappa shape index (κ3) is 4.55. The number of benzene rings is 1. The number of furan rings is 1. The molecule has 1 amide bonds. The van der Waals surface area contributed by atoms with Crippen LogP contribution in [0.5, 0.6) is 0 Å². The van der Waals surface area contributed by atoms with E-state index in [-0.39, 0.29) is 29.4 Å². The molecule has 0 unspecified atom stereocenters. The van der Waals surface area contributed by atoms with Gasteiger partial charge in [0.05, 0.1) is 17.6 Å². The lowest BCUT2D eigenvalue weighted by Crippen LogP contribution is -2.44. The first kappa shape index (κ1) is 23.5. The Balaban J connectivity index is 1.72. The van der Waals surface area contributed by atoms with E-state index in [2.05, 4.69) is 5.32 Å². The molecule has 0 bridgehead atoms. The Morgan fingerprint density at radius 3 is 2.28 bits per heavy atom. The van der Waals surface area contributed by atoms with Crippen molar-refractivity contribution in [3.63, 3.8) is 0 Å². The molecule has 9 heteroatoms. The van der Waals surface area contributed by atoms with E-state index in [0.29, 0.717) is 17.9 Å². The molecule has 1 aliphatic carbocycles. The molecule has 0 spiro atoms. The number of anilines is 1. The first-order valence-electron chi connectivity index (χ1n) is 10.2. The highest BCUT2D eigenvalue weighted by atomic mass is 35.5. The van der Waals surface area contributed by atoms with Crippen LogP contribution in [-0.2, 0) is 24.5 Å². The minimum absolute atomic E-state index is 0.0342. The molecule has 1 saturated carbocycles. The molecule has 0 saturated heterocycles. The summed E-state index contributed by atoms with van der Waals surface area (Å²) in [5.74, 6) is -2.47. The molecule has 1 fully saturated rings. The third-order valence-electron chi connectivity index (χ3n) is 5.50. The van der Waals surface area contributed by atoms with Crippen LogP contribution < -0.4 is 5.32 Å². The van der Waals surface area contributed by atoms with Crippen molar-refractivity contribution < 1.29 is 33.1 Å².